The van der Waals surface area contributed by atoms with Crippen molar-refractivity contribution in [2.75, 3.05) is 0 Å². The predicted octanol–water partition coefficient (Wildman–Crippen LogP) is 17.8. The van der Waals surface area contributed by atoms with Crippen LogP contribution in [-0.4, -0.2) is 9.13 Å². The summed E-state index contributed by atoms with van der Waals surface area (Å²) in [5.74, 6) is 0. The minimum atomic E-state index is -4.66. The van der Waals surface area contributed by atoms with Crippen LogP contribution in [0.25, 0.3) is 115 Å². The fourth-order valence-electron chi connectivity index (χ4n) is 10.0. The number of benzene rings is 10. The van der Waals surface area contributed by atoms with Crippen LogP contribution in [0.5, 0.6) is 0 Å². The third-order valence-corrected chi connectivity index (χ3v) is 13.2. The largest absolute Gasteiger partial charge is 0.416 e. The van der Waals surface area contributed by atoms with E-state index in [0.717, 1.165) is 94.2 Å². The predicted molar refractivity (Wildman–Crippen MR) is 274 cm³/mol. The average molecular weight is 882 g/mol. The SMILES string of the molecule is [C-]#[N+]c1cc(-n2c3ccc(-c4ccccc4)cc3c3cc(-c4ccccc4)ccc32)c(-n2c3ccc(-c4ccccc4)cc3c3cc(-c4ccccc4)ccc32)cc1-c1ccccc1C(F)(F)F. The van der Waals surface area contributed by atoms with Crippen LogP contribution < -0.4 is 0 Å². The van der Waals surface area contributed by atoms with Crippen molar-refractivity contribution in [2.24, 2.45) is 0 Å². The topological polar surface area (TPSA) is 14.2 Å². The molecule has 12 rings (SSSR count). The molecule has 0 N–H and O–H groups in total. The molecule has 0 atom stereocenters. The van der Waals surface area contributed by atoms with E-state index in [2.05, 4.69) is 135 Å². The maximum atomic E-state index is 15.0. The summed E-state index contributed by atoms with van der Waals surface area (Å²) in [6.45, 7) is 8.60. The van der Waals surface area contributed by atoms with Crippen LogP contribution in [-0.2, 0) is 6.18 Å². The van der Waals surface area contributed by atoms with Gasteiger partial charge in [-0.3, -0.25) is 0 Å². The number of hydrogen-bond donors (Lipinski definition) is 0. The smallest absolute Gasteiger partial charge is 0.308 e. The molecule has 3 nitrogen and oxygen atoms in total. The van der Waals surface area contributed by atoms with Crippen LogP contribution >= 0.6 is 0 Å². The zero-order chi connectivity index (χ0) is 45.9. The molecule has 0 fully saturated rings. The van der Waals surface area contributed by atoms with Crippen molar-refractivity contribution in [3.8, 4) is 67.0 Å². The summed E-state index contributed by atoms with van der Waals surface area (Å²) in [6.07, 6.45) is -4.66. The van der Waals surface area contributed by atoms with Gasteiger partial charge in [0.1, 0.15) is 0 Å². The van der Waals surface area contributed by atoms with Gasteiger partial charge >= 0.3 is 6.18 Å². The molecule has 0 saturated carbocycles. The van der Waals surface area contributed by atoms with Gasteiger partial charge in [-0.2, -0.15) is 13.2 Å². The highest BCUT2D eigenvalue weighted by Gasteiger charge is 2.34. The number of halogens is 3. The second kappa shape index (κ2) is 16.2. The van der Waals surface area contributed by atoms with E-state index in [9.17, 15) is 13.2 Å². The lowest BCUT2D eigenvalue weighted by atomic mass is 9.96. The molecule has 0 saturated heterocycles. The van der Waals surface area contributed by atoms with Gasteiger partial charge in [0, 0.05) is 21.5 Å². The number of nitrogens with zero attached hydrogens (tertiary/aromatic N) is 3. The summed E-state index contributed by atoms with van der Waals surface area (Å²) < 4.78 is 49.3. The van der Waals surface area contributed by atoms with Gasteiger partial charge < -0.3 is 9.13 Å². The first-order valence-electron chi connectivity index (χ1n) is 22.4. The lowest BCUT2D eigenvalue weighted by Gasteiger charge is -2.21. The van der Waals surface area contributed by atoms with E-state index in [-0.39, 0.29) is 16.8 Å². The third kappa shape index (κ3) is 6.83. The fourth-order valence-corrected chi connectivity index (χ4v) is 10.0. The Kier molecular flexibility index (Phi) is 9.67. The summed E-state index contributed by atoms with van der Waals surface area (Å²) in [5.41, 5.74) is 12.7. The number of hydrogen-bond acceptors (Lipinski definition) is 0. The van der Waals surface area contributed by atoms with Crippen LogP contribution in [0.3, 0.4) is 0 Å². The molecule has 0 aliphatic carbocycles. The highest BCUT2D eigenvalue weighted by atomic mass is 19.4. The number of alkyl halides is 3. The molecule has 0 radical (unpaired) electrons. The number of aromatic nitrogens is 2. The molecule has 0 aliphatic heterocycles. The summed E-state index contributed by atoms with van der Waals surface area (Å²) in [7, 11) is 0. The molecule has 322 valence electrons. The number of fused-ring (bicyclic) bond motifs is 6. The van der Waals surface area contributed by atoms with Gasteiger partial charge in [0.25, 0.3) is 0 Å². The van der Waals surface area contributed by atoms with Crippen molar-refractivity contribution in [3.05, 3.63) is 248 Å². The van der Waals surface area contributed by atoms with Crippen LogP contribution in [0.1, 0.15) is 5.56 Å². The lowest BCUT2D eigenvalue weighted by molar-refractivity contribution is -0.137. The first kappa shape index (κ1) is 40.6. The molecule has 2 heterocycles. The van der Waals surface area contributed by atoms with Crippen LogP contribution in [0.4, 0.5) is 18.9 Å². The molecule has 2 aromatic heterocycles. The maximum absolute atomic E-state index is 15.0. The highest BCUT2D eigenvalue weighted by molar-refractivity contribution is 6.14. The molecule has 0 aliphatic rings. The quantitative estimate of drug-likeness (QED) is 0.142. The lowest BCUT2D eigenvalue weighted by Crippen LogP contribution is -2.08. The molecule has 0 spiro atoms. The Morgan fingerprint density at radius 3 is 0.985 bits per heavy atom. The molecule has 6 heteroatoms. The monoisotopic (exact) mass is 881 g/mol. The van der Waals surface area contributed by atoms with Crippen molar-refractivity contribution < 1.29 is 13.2 Å². The third-order valence-electron chi connectivity index (χ3n) is 13.2. The van der Waals surface area contributed by atoms with Crippen molar-refractivity contribution in [1.82, 2.24) is 9.13 Å². The molecule has 0 bridgehead atoms. The average Bonchev–Trinajstić information content (AvgIpc) is 3.90. The summed E-state index contributed by atoms with van der Waals surface area (Å²) in [6, 6.07) is 75.9. The second-order valence-electron chi connectivity index (χ2n) is 17.1. The molecule has 0 amide bonds. The normalized spacial score (nSPS) is 11.7. The minimum Gasteiger partial charge on any atom is -0.308 e. The fraction of sp³-hybridized carbons (Fsp3) is 0.0161. The molecular formula is C62H38F3N3. The Hall–Kier alpha value is -8.92. The van der Waals surface area contributed by atoms with E-state index >= 15 is 0 Å². The van der Waals surface area contributed by atoms with Gasteiger partial charge in [0.2, 0.25) is 0 Å². The van der Waals surface area contributed by atoms with Crippen LogP contribution in [0, 0.1) is 6.57 Å². The summed E-state index contributed by atoms with van der Waals surface area (Å²) >= 11 is 0. The highest BCUT2D eigenvalue weighted by Crippen LogP contribution is 2.47. The van der Waals surface area contributed by atoms with Gasteiger partial charge in [0.15, 0.2) is 5.69 Å². The standard InChI is InChI=1S/C62H38F3N3/c1-66-55-39-61(68-58-32-28-46(42-20-10-4-11-21-42)36-52(58)53-37-47(29-33-59(53)68)43-22-12-5-13-23-43)60(38-49(55)48-24-14-15-25-54(48)62(63,64)65)67-56-30-26-44(40-16-6-2-7-17-40)34-50(56)51-35-45(27-31-57(51)67)41-18-8-3-9-19-41/h2-39H. The van der Waals surface area contributed by atoms with Crippen LogP contribution in [0.15, 0.2) is 231 Å². The minimum absolute atomic E-state index is 0.0560. The molecular weight excluding hydrogens is 844 g/mol. The second-order valence-corrected chi connectivity index (χ2v) is 17.1. The van der Waals surface area contributed by atoms with E-state index in [4.69, 9.17) is 6.57 Å². The zero-order valence-corrected chi connectivity index (χ0v) is 36.4. The zero-order valence-electron chi connectivity index (χ0n) is 36.4. The molecule has 12 aromatic rings. The Morgan fingerprint density at radius 1 is 0.324 bits per heavy atom. The van der Waals surface area contributed by atoms with Crippen LogP contribution in [0.2, 0.25) is 0 Å². The van der Waals surface area contributed by atoms with Gasteiger partial charge in [-0.15, -0.1) is 0 Å². The van der Waals surface area contributed by atoms with Crippen molar-refractivity contribution in [1.29, 1.82) is 0 Å². The van der Waals surface area contributed by atoms with Gasteiger partial charge in [-0.05, 0) is 122 Å². The van der Waals surface area contributed by atoms with E-state index in [0.29, 0.717) is 11.4 Å². The van der Waals surface area contributed by atoms with Gasteiger partial charge in [-0.25, -0.2) is 4.85 Å². The van der Waals surface area contributed by atoms with Crippen molar-refractivity contribution >= 4 is 49.3 Å². The summed E-state index contributed by atoms with van der Waals surface area (Å²) in [4.78, 5) is 4.01. The van der Waals surface area contributed by atoms with E-state index < -0.39 is 11.7 Å². The Morgan fingerprint density at radius 2 is 0.647 bits per heavy atom. The Bertz CT molecular complexity index is 3740. The number of rotatable bonds is 7. The molecule has 0 unspecified atom stereocenters. The first-order valence-corrected chi connectivity index (χ1v) is 22.4. The van der Waals surface area contributed by atoms with E-state index in [1.165, 1.54) is 12.1 Å². The maximum Gasteiger partial charge on any atom is 0.416 e. The van der Waals surface area contributed by atoms with Gasteiger partial charge in [0.05, 0.1) is 45.6 Å². The van der Waals surface area contributed by atoms with Crippen molar-refractivity contribution in [2.45, 2.75) is 6.18 Å². The van der Waals surface area contributed by atoms with Crippen molar-refractivity contribution in [3.63, 3.8) is 0 Å². The van der Waals surface area contributed by atoms with Gasteiger partial charge in [-0.1, -0.05) is 164 Å². The molecule has 68 heavy (non-hydrogen) atoms. The molecule has 10 aromatic carbocycles. The van der Waals surface area contributed by atoms with E-state index in [1.807, 2.05) is 72.8 Å². The Balaban J connectivity index is 1.22. The Labute approximate surface area is 390 Å². The summed E-state index contributed by atoms with van der Waals surface area (Å²) in [5, 5.41) is 3.98. The van der Waals surface area contributed by atoms with E-state index in [1.54, 1.807) is 18.2 Å². The first-order chi connectivity index (χ1) is 33.3.